The van der Waals surface area contributed by atoms with Crippen LogP contribution in [0.2, 0.25) is 0 Å². The molecule has 2 N–H and O–H groups in total. The second-order valence-electron chi connectivity index (χ2n) is 5.29. The number of carbonyl (C=O) groups excluding carboxylic acids is 1. The molecule has 0 unspecified atom stereocenters. The van der Waals surface area contributed by atoms with E-state index in [9.17, 15) is 4.79 Å². The van der Waals surface area contributed by atoms with Gasteiger partial charge in [0.05, 0.1) is 5.69 Å². The van der Waals surface area contributed by atoms with Crippen molar-refractivity contribution in [3.8, 4) is 11.5 Å². The molecule has 0 aliphatic rings. The van der Waals surface area contributed by atoms with Gasteiger partial charge in [0, 0.05) is 19.5 Å². The Morgan fingerprint density at radius 3 is 2.52 bits per heavy atom. The fourth-order valence-corrected chi connectivity index (χ4v) is 2.12. The van der Waals surface area contributed by atoms with Gasteiger partial charge in [0.1, 0.15) is 5.75 Å². The van der Waals surface area contributed by atoms with Crippen molar-refractivity contribution >= 4 is 11.6 Å². The first kappa shape index (κ1) is 16.9. The number of unbranched alkanes of at least 4 members (excludes halogenated alkanes) is 1. The lowest BCUT2D eigenvalue weighted by atomic mass is 10.2. The van der Waals surface area contributed by atoms with Gasteiger partial charge in [0.2, 0.25) is 5.91 Å². The maximum atomic E-state index is 11.7. The number of carbonyl (C=O) groups is 1. The number of rotatable bonds is 9. The molecule has 0 atom stereocenters. The van der Waals surface area contributed by atoms with E-state index in [1.54, 1.807) is 0 Å². The largest absolute Gasteiger partial charge is 0.455 e. The molecule has 0 fully saturated rings. The molecule has 0 aliphatic carbocycles. The summed E-state index contributed by atoms with van der Waals surface area (Å²) in [5.41, 5.74) is 0.887. The van der Waals surface area contributed by atoms with Crippen molar-refractivity contribution in [2.75, 3.05) is 18.4 Å². The zero-order valence-corrected chi connectivity index (χ0v) is 13.5. The van der Waals surface area contributed by atoms with Crippen LogP contribution in [0.15, 0.2) is 54.6 Å². The average Bonchev–Trinajstić information content (AvgIpc) is 2.58. The second kappa shape index (κ2) is 9.51. The van der Waals surface area contributed by atoms with E-state index in [2.05, 4.69) is 17.6 Å². The van der Waals surface area contributed by atoms with E-state index < -0.39 is 0 Å². The Bertz CT molecular complexity index is 599. The van der Waals surface area contributed by atoms with E-state index in [4.69, 9.17) is 4.74 Å². The Labute approximate surface area is 137 Å². The molecule has 2 aromatic carbocycles. The minimum absolute atomic E-state index is 0.0763. The first-order valence-electron chi connectivity index (χ1n) is 8.12. The van der Waals surface area contributed by atoms with E-state index in [-0.39, 0.29) is 5.91 Å². The second-order valence-corrected chi connectivity index (χ2v) is 5.29. The molecule has 0 saturated carbocycles. The first-order valence-corrected chi connectivity index (χ1v) is 8.12. The van der Waals surface area contributed by atoms with Crippen molar-refractivity contribution in [1.29, 1.82) is 0 Å². The molecule has 4 nitrogen and oxygen atoms in total. The van der Waals surface area contributed by atoms with E-state index in [1.807, 2.05) is 54.6 Å². The lowest BCUT2D eigenvalue weighted by molar-refractivity contribution is -0.120. The van der Waals surface area contributed by atoms with E-state index in [1.165, 1.54) is 0 Å². The minimum atomic E-state index is 0.0763. The smallest absolute Gasteiger partial charge is 0.221 e. The summed E-state index contributed by atoms with van der Waals surface area (Å²) in [4.78, 5) is 11.7. The standard InChI is InChI=1S/C19H24N2O2/c1-2-3-14-21-19(22)13-15-20-17-11-7-8-12-18(17)23-16-9-5-4-6-10-16/h4-12,20H,2-3,13-15H2,1H3,(H,21,22). The number of amides is 1. The fraction of sp³-hybridized carbons (Fsp3) is 0.316. The Morgan fingerprint density at radius 2 is 1.74 bits per heavy atom. The number of anilines is 1. The van der Waals surface area contributed by atoms with E-state index in [0.717, 1.165) is 36.6 Å². The van der Waals surface area contributed by atoms with Gasteiger partial charge in [-0.1, -0.05) is 43.7 Å². The van der Waals surface area contributed by atoms with Gasteiger partial charge < -0.3 is 15.4 Å². The summed E-state index contributed by atoms with van der Waals surface area (Å²) in [7, 11) is 0. The van der Waals surface area contributed by atoms with Crippen LogP contribution in [0.3, 0.4) is 0 Å². The van der Waals surface area contributed by atoms with Gasteiger partial charge in [-0.15, -0.1) is 0 Å². The Hall–Kier alpha value is -2.49. The third-order valence-electron chi connectivity index (χ3n) is 3.38. The van der Waals surface area contributed by atoms with Gasteiger partial charge in [-0.2, -0.15) is 0 Å². The highest BCUT2D eigenvalue weighted by Gasteiger charge is 2.05. The van der Waals surface area contributed by atoms with Gasteiger partial charge in [-0.3, -0.25) is 4.79 Å². The number of nitrogens with one attached hydrogen (secondary N) is 2. The Kier molecular flexibility index (Phi) is 6.98. The lowest BCUT2D eigenvalue weighted by Crippen LogP contribution is -2.26. The maximum Gasteiger partial charge on any atom is 0.221 e. The molecule has 4 heteroatoms. The average molecular weight is 312 g/mol. The van der Waals surface area contributed by atoms with Gasteiger partial charge in [-0.25, -0.2) is 0 Å². The minimum Gasteiger partial charge on any atom is -0.455 e. The van der Waals surface area contributed by atoms with Crippen LogP contribution in [-0.2, 0) is 4.79 Å². The van der Waals surface area contributed by atoms with Crippen molar-refractivity contribution in [2.24, 2.45) is 0 Å². The quantitative estimate of drug-likeness (QED) is 0.682. The molecule has 0 heterocycles. The molecule has 2 aromatic rings. The highest BCUT2D eigenvalue weighted by molar-refractivity contribution is 5.76. The third-order valence-corrected chi connectivity index (χ3v) is 3.38. The highest BCUT2D eigenvalue weighted by Crippen LogP contribution is 2.28. The van der Waals surface area contributed by atoms with Gasteiger partial charge in [-0.05, 0) is 30.7 Å². The number of hydrogen-bond acceptors (Lipinski definition) is 3. The summed E-state index contributed by atoms with van der Waals surface area (Å²) in [5.74, 6) is 1.62. The summed E-state index contributed by atoms with van der Waals surface area (Å²) in [6.07, 6.45) is 2.55. The summed E-state index contributed by atoms with van der Waals surface area (Å²) in [5, 5.41) is 6.18. The molecular weight excluding hydrogens is 288 g/mol. The zero-order valence-electron chi connectivity index (χ0n) is 13.5. The summed E-state index contributed by atoms with van der Waals surface area (Å²) in [6.45, 7) is 3.44. The summed E-state index contributed by atoms with van der Waals surface area (Å²) >= 11 is 0. The summed E-state index contributed by atoms with van der Waals surface area (Å²) in [6, 6.07) is 17.4. The molecule has 0 radical (unpaired) electrons. The van der Waals surface area contributed by atoms with Crippen LogP contribution in [0.1, 0.15) is 26.2 Å². The predicted molar refractivity (Wildman–Crippen MR) is 94.0 cm³/mol. The van der Waals surface area contributed by atoms with E-state index >= 15 is 0 Å². The van der Waals surface area contributed by atoms with Crippen molar-refractivity contribution in [3.05, 3.63) is 54.6 Å². The molecule has 0 aromatic heterocycles. The molecular formula is C19H24N2O2. The number of hydrogen-bond donors (Lipinski definition) is 2. The van der Waals surface area contributed by atoms with Gasteiger partial charge in [0.15, 0.2) is 5.75 Å². The normalized spacial score (nSPS) is 10.1. The SMILES string of the molecule is CCCCNC(=O)CCNc1ccccc1Oc1ccccc1. The van der Waals surface area contributed by atoms with Gasteiger partial charge >= 0.3 is 0 Å². The van der Waals surface area contributed by atoms with Crippen LogP contribution >= 0.6 is 0 Å². The molecule has 0 saturated heterocycles. The fourth-order valence-electron chi connectivity index (χ4n) is 2.12. The van der Waals surface area contributed by atoms with Gasteiger partial charge in [0.25, 0.3) is 0 Å². The number of para-hydroxylation sites is 3. The molecule has 1 amide bonds. The molecule has 0 aliphatic heterocycles. The van der Waals surface area contributed by atoms with E-state index in [0.29, 0.717) is 13.0 Å². The van der Waals surface area contributed by atoms with Crippen molar-refractivity contribution in [3.63, 3.8) is 0 Å². The molecule has 2 rings (SSSR count). The van der Waals surface area contributed by atoms with Crippen LogP contribution in [0, 0.1) is 0 Å². The molecule has 0 bridgehead atoms. The van der Waals surface area contributed by atoms with Crippen LogP contribution in [0.5, 0.6) is 11.5 Å². The molecule has 122 valence electrons. The van der Waals surface area contributed by atoms with Crippen molar-refractivity contribution < 1.29 is 9.53 Å². The van der Waals surface area contributed by atoms with Crippen LogP contribution in [0.25, 0.3) is 0 Å². The number of benzene rings is 2. The third kappa shape index (κ3) is 6.02. The Morgan fingerprint density at radius 1 is 1.00 bits per heavy atom. The maximum absolute atomic E-state index is 11.7. The van der Waals surface area contributed by atoms with Crippen LogP contribution < -0.4 is 15.4 Å². The monoisotopic (exact) mass is 312 g/mol. The number of ether oxygens (including phenoxy) is 1. The van der Waals surface area contributed by atoms with Crippen LogP contribution in [0.4, 0.5) is 5.69 Å². The predicted octanol–water partition coefficient (Wildman–Crippen LogP) is 4.20. The topological polar surface area (TPSA) is 50.4 Å². The van der Waals surface area contributed by atoms with Crippen molar-refractivity contribution in [2.45, 2.75) is 26.2 Å². The van der Waals surface area contributed by atoms with Crippen LogP contribution in [-0.4, -0.2) is 19.0 Å². The highest BCUT2D eigenvalue weighted by atomic mass is 16.5. The molecule has 23 heavy (non-hydrogen) atoms. The first-order chi connectivity index (χ1) is 11.3. The Balaban J connectivity index is 1.84. The zero-order chi connectivity index (χ0) is 16.3. The lowest BCUT2D eigenvalue weighted by Gasteiger charge is -2.13. The summed E-state index contributed by atoms with van der Waals surface area (Å²) < 4.78 is 5.88. The van der Waals surface area contributed by atoms with Crippen molar-refractivity contribution in [1.82, 2.24) is 5.32 Å². The molecule has 0 spiro atoms.